The zero-order chi connectivity index (χ0) is 18.0. The Labute approximate surface area is 152 Å². The molecule has 1 aliphatic heterocycles. The molecule has 1 saturated heterocycles. The van der Waals surface area contributed by atoms with Crippen molar-refractivity contribution >= 4 is 34.9 Å². The van der Waals surface area contributed by atoms with E-state index < -0.39 is 0 Å². The Morgan fingerprint density at radius 3 is 2.64 bits per heavy atom. The monoisotopic (exact) mass is 357 g/mol. The average Bonchev–Trinajstić information content (AvgIpc) is 2.92. The van der Waals surface area contributed by atoms with Crippen LogP contribution in [-0.2, 0) is 4.79 Å². The van der Waals surface area contributed by atoms with E-state index in [9.17, 15) is 9.59 Å². The van der Waals surface area contributed by atoms with E-state index in [2.05, 4.69) is 10.6 Å². The van der Waals surface area contributed by atoms with E-state index >= 15 is 0 Å². The fourth-order valence-electron chi connectivity index (χ4n) is 2.85. The summed E-state index contributed by atoms with van der Waals surface area (Å²) in [5.74, 6) is 0.00583. The summed E-state index contributed by atoms with van der Waals surface area (Å²) in [5, 5.41) is 6.02. The zero-order valence-electron chi connectivity index (χ0n) is 14.2. The molecule has 6 heteroatoms. The number of aryl methyl sites for hydroxylation is 2. The summed E-state index contributed by atoms with van der Waals surface area (Å²) in [4.78, 5) is 26.2. The van der Waals surface area contributed by atoms with Gasteiger partial charge in [-0.25, -0.2) is 4.79 Å². The smallest absolute Gasteiger partial charge is 0.319 e. The molecule has 2 aromatic carbocycles. The molecule has 25 heavy (non-hydrogen) atoms. The number of hydrogen-bond donors (Lipinski definition) is 2. The van der Waals surface area contributed by atoms with Gasteiger partial charge in [-0.1, -0.05) is 29.8 Å². The average molecular weight is 358 g/mol. The zero-order valence-corrected chi connectivity index (χ0v) is 14.9. The van der Waals surface area contributed by atoms with Crippen LogP contribution in [0.5, 0.6) is 0 Å². The van der Waals surface area contributed by atoms with Crippen molar-refractivity contribution in [3.8, 4) is 0 Å². The highest BCUT2D eigenvalue weighted by molar-refractivity contribution is 6.33. The number of benzene rings is 2. The van der Waals surface area contributed by atoms with E-state index in [4.69, 9.17) is 11.6 Å². The predicted molar refractivity (Wildman–Crippen MR) is 100 cm³/mol. The first-order chi connectivity index (χ1) is 11.9. The molecule has 0 unspecified atom stereocenters. The minimum absolute atomic E-state index is 0.00583. The maximum atomic E-state index is 12.3. The summed E-state index contributed by atoms with van der Waals surface area (Å²) in [7, 11) is 0. The molecule has 0 aromatic heterocycles. The number of carbonyl (C=O) groups is 2. The summed E-state index contributed by atoms with van der Waals surface area (Å²) in [6.45, 7) is 4.51. The van der Waals surface area contributed by atoms with Gasteiger partial charge in [-0.3, -0.25) is 4.79 Å². The van der Waals surface area contributed by atoms with Gasteiger partial charge < -0.3 is 15.5 Å². The molecule has 3 rings (SSSR count). The quantitative estimate of drug-likeness (QED) is 0.875. The highest BCUT2D eigenvalue weighted by Gasteiger charge is 2.31. The lowest BCUT2D eigenvalue weighted by atomic mass is 10.1. The Kier molecular flexibility index (Phi) is 4.95. The summed E-state index contributed by atoms with van der Waals surface area (Å²) in [5.41, 5.74) is 3.73. The third kappa shape index (κ3) is 3.94. The second kappa shape index (κ2) is 7.15. The second-order valence-electron chi connectivity index (χ2n) is 6.25. The van der Waals surface area contributed by atoms with Crippen LogP contribution in [0.15, 0.2) is 42.5 Å². The third-order valence-electron chi connectivity index (χ3n) is 4.38. The fraction of sp³-hybridized carbons (Fsp3) is 0.263. The van der Waals surface area contributed by atoms with Crippen molar-refractivity contribution in [3.63, 3.8) is 0 Å². The molecule has 130 valence electrons. The minimum Gasteiger partial charge on any atom is -0.333 e. The maximum Gasteiger partial charge on any atom is 0.319 e. The van der Waals surface area contributed by atoms with Gasteiger partial charge in [-0.2, -0.15) is 0 Å². The van der Waals surface area contributed by atoms with E-state index in [-0.39, 0.29) is 24.4 Å². The number of amides is 3. The van der Waals surface area contributed by atoms with Crippen molar-refractivity contribution in [1.82, 2.24) is 5.32 Å². The Morgan fingerprint density at radius 1 is 1.16 bits per heavy atom. The Morgan fingerprint density at radius 2 is 1.92 bits per heavy atom. The van der Waals surface area contributed by atoms with Crippen molar-refractivity contribution in [2.75, 3.05) is 16.8 Å². The van der Waals surface area contributed by atoms with Crippen LogP contribution in [0.4, 0.5) is 16.2 Å². The van der Waals surface area contributed by atoms with Crippen molar-refractivity contribution in [2.24, 2.45) is 0 Å². The molecule has 5 nitrogen and oxygen atoms in total. The lowest BCUT2D eigenvalue weighted by molar-refractivity contribution is -0.117. The van der Waals surface area contributed by atoms with Crippen LogP contribution in [0.1, 0.15) is 17.5 Å². The van der Waals surface area contributed by atoms with Gasteiger partial charge >= 0.3 is 6.03 Å². The summed E-state index contributed by atoms with van der Waals surface area (Å²) < 4.78 is 0. The predicted octanol–water partition coefficient (Wildman–Crippen LogP) is 3.88. The van der Waals surface area contributed by atoms with Gasteiger partial charge in [0.1, 0.15) is 0 Å². The molecular weight excluding hydrogens is 338 g/mol. The number of nitrogens with one attached hydrogen (secondary N) is 2. The fourth-order valence-corrected chi connectivity index (χ4v) is 3.04. The maximum absolute atomic E-state index is 12.3. The van der Waals surface area contributed by atoms with Crippen LogP contribution in [-0.4, -0.2) is 24.5 Å². The number of nitrogens with zero attached hydrogens (tertiary/aromatic N) is 1. The molecule has 3 amide bonds. The van der Waals surface area contributed by atoms with Crippen LogP contribution in [0.25, 0.3) is 0 Å². The van der Waals surface area contributed by atoms with Gasteiger partial charge in [-0.15, -0.1) is 0 Å². The molecule has 2 N–H and O–H groups in total. The Hall–Kier alpha value is -2.53. The molecular formula is C19H20ClN3O2. The molecule has 0 spiro atoms. The van der Waals surface area contributed by atoms with Gasteiger partial charge in [-0.05, 0) is 49.2 Å². The van der Waals surface area contributed by atoms with Crippen molar-refractivity contribution < 1.29 is 9.59 Å². The van der Waals surface area contributed by atoms with Crippen molar-refractivity contribution in [3.05, 3.63) is 58.6 Å². The first-order valence-corrected chi connectivity index (χ1v) is 8.51. The Bertz CT molecular complexity index is 822. The van der Waals surface area contributed by atoms with Gasteiger partial charge in [0.2, 0.25) is 5.91 Å². The number of rotatable bonds is 3. The number of halogens is 1. The van der Waals surface area contributed by atoms with Crippen LogP contribution in [0.2, 0.25) is 5.02 Å². The van der Waals surface area contributed by atoms with Gasteiger partial charge in [0.05, 0.1) is 16.8 Å². The SMILES string of the molecule is Cc1ccc(N2C[C@H](NC(=O)Nc3ccccc3Cl)CC2=O)cc1C. The van der Waals surface area contributed by atoms with Gasteiger partial charge in [0.25, 0.3) is 0 Å². The first-order valence-electron chi connectivity index (χ1n) is 8.13. The Balaban J connectivity index is 1.63. The van der Waals surface area contributed by atoms with E-state index in [0.717, 1.165) is 11.3 Å². The number of carbonyl (C=O) groups excluding carboxylic acids is 2. The van der Waals surface area contributed by atoms with Crippen LogP contribution in [0, 0.1) is 13.8 Å². The molecule has 2 aromatic rings. The molecule has 1 fully saturated rings. The highest BCUT2D eigenvalue weighted by Crippen LogP contribution is 2.24. The van der Waals surface area contributed by atoms with E-state index in [1.165, 1.54) is 5.56 Å². The third-order valence-corrected chi connectivity index (χ3v) is 4.71. The topological polar surface area (TPSA) is 61.4 Å². The lowest BCUT2D eigenvalue weighted by Gasteiger charge is -2.18. The molecule has 0 bridgehead atoms. The summed E-state index contributed by atoms with van der Waals surface area (Å²) in [6, 6.07) is 12.4. The van der Waals surface area contributed by atoms with Crippen molar-refractivity contribution in [2.45, 2.75) is 26.3 Å². The molecule has 0 aliphatic carbocycles. The lowest BCUT2D eigenvalue weighted by Crippen LogP contribution is -2.39. The van der Waals surface area contributed by atoms with E-state index in [1.807, 2.05) is 32.0 Å². The number of hydrogen-bond acceptors (Lipinski definition) is 2. The minimum atomic E-state index is -0.368. The standard InChI is InChI=1S/C19H20ClN3O2/c1-12-7-8-15(9-13(12)2)23-11-14(10-18(23)24)21-19(25)22-17-6-4-3-5-16(17)20/h3-9,14H,10-11H2,1-2H3,(H2,21,22,25)/t14-/m1/s1. The molecule has 0 saturated carbocycles. The largest absolute Gasteiger partial charge is 0.333 e. The second-order valence-corrected chi connectivity index (χ2v) is 6.66. The van der Waals surface area contributed by atoms with E-state index in [1.54, 1.807) is 29.2 Å². The summed E-state index contributed by atoms with van der Waals surface area (Å²) in [6.07, 6.45) is 0.281. The number of urea groups is 1. The number of anilines is 2. The van der Waals surface area contributed by atoms with Crippen LogP contribution in [0.3, 0.4) is 0 Å². The molecule has 1 atom stereocenters. The van der Waals surface area contributed by atoms with Crippen LogP contribution >= 0.6 is 11.6 Å². The van der Waals surface area contributed by atoms with E-state index in [0.29, 0.717) is 17.3 Å². The van der Waals surface area contributed by atoms with Crippen LogP contribution < -0.4 is 15.5 Å². The molecule has 1 aliphatic rings. The normalized spacial score (nSPS) is 16.8. The first kappa shape index (κ1) is 17.3. The van der Waals surface area contributed by atoms with Crippen molar-refractivity contribution in [1.29, 1.82) is 0 Å². The highest BCUT2D eigenvalue weighted by atomic mass is 35.5. The summed E-state index contributed by atoms with van der Waals surface area (Å²) >= 11 is 6.03. The van der Waals surface area contributed by atoms with Gasteiger partial charge in [0.15, 0.2) is 0 Å². The molecule has 1 heterocycles. The molecule has 0 radical (unpaired) electrons. The van der Waals surface area contributed by atoms with Gasteiger partial charge in [0, 0.05) is 18.7 Å². The number of para-hydroxylation sites is 1.